The molecule has 0 radical (unpaired) electrons. The van der Waals surface area contributed by atoms with Crippen LogP contribution in [-0.4, -0.2) is 25.9 Å². The number of ketones is 1. The van der Waals surface area contributed by atoms with E-state index >= 15 is 0 Å². The highest BCUT2D eigenvalue weighted by molar-refractivity contribution is 6.31. The number of hydrogen-bond acceptors (Lipinski definition) is 5. The van der Waals surface area contributed by atoms with E-state index in [1.54, 1.807) is 30.7 Å². The molecule has 0 amide bonds. The van der Waals surface area contributed by atoms with Gasteiger partial charge in [-0.2, -0.15) is 5.10 Å². The highest BCUT2D eigenvalue weighted by Crippen LogP contribution is 2.28. The Morgan fingerprint density at radius 1 is 1.11 bits per heavy atom. The molecule has 0 saturated carbocycles. The van der Waals surface area contributed by atoms with E-state index in [9.17, 15) is 13.6 Å². The molecule has 0 spiro atoms. The number of nitrogens with two attached hydrogens (primary N) is 1. The van der Waals surface area contributed by atoms with Gasteiger partial charge in [0.2, 0.25) is 5.78 Å². The number of H-pyrrole nitrogens is 1. The Hall–Kier alpha value is -3.94. The molecule has 3 N–H and O–H groups in total. The summed E-state index contributed by atoms with van der Waals surface area (Å²) < 4.78 is 27.8. The van der Waals surface area contributed by atoms with E-state index in [0.717, 1.165) is 23.4 Å². The number of carbonyl (C=O) groups is 1. The van der Waals surface area contributed by atoms with Crippen LogP contribution >= 0.6 is 0 Å². The average molecular weight is 377 g/mol. The lowest BCUT2D eigenvalue weighted by molar-refractivity contribution is 0.105. The van der Waals surface area contributed by atoms with Gasteiger partial charge in [0.1, 0.15) is 5.69 Å². The van der Waals surface area contributed by atoms with Crippen molar-refractivity contribution >= 4 is 22.4 Å². The number of Topliss-reactive ketones (excluding diaryl/α,β-unsaturated/α-hetero) is 1. The molecule has 0 saturated heterocycles. The van der Waals surface area contributed by atoms with Crippen molar-refractivity contribution in [2.45, 2.75) is 0 Å². The predicted molar refractivity (Wildman–Crippen MR) is 100.0 cm³/mol. The molecule has 0 fully saturated rings. The van der Waals surface area contributed by atoms with E-state index in [4.69, 9.17) is 5.73 Å². The average Bonchev–Trinajstić information content (AvgIpc) is 3.15. The first-order chi connectivity index (χ1) is 13.6. The summed E-state index contributed by atoms with van der Waals surface area (Å²) in [4.78, 5) is 21.3. The number of allylic oxidation sites excluding steroid dienone is 1. The summed E-state index contributed by atoms with van der Waals surface area (Å²) in [7, 11) is 0. The van der Waals surface area contributed by atoms with Crippen LogP contribution in [0.2, 0.25) is 0 Å². The van der Waals surface area contributed by atoms with Crippen LogP contribution in [-0.2, 0) is 0 Å². The van der Waals surface area contributed by atoms with Crippen LogP contribution in [0.15, 0.2) is 61.2 Å². The van der Waals surface area contributed by atoms with E-state index in [0.29, 0.717) is 11.0 Å². The van der Waals surface area contributed by atoms with Gasteiger partial charge in [-0.3, -0.25) is 14.9 Å². The molecular formula is C20H13F2N5O. The summed E-state index contributed by atoms with van der Waals surface area (Å²) in [5.74, 6) is -2.84. The Balaban J connectivity index is 1.82. The quantitative estimate of drug-likeness (QED) is 0.419. The van der Waals surface area contributed by atoms with E-state index in [1.807, 2.05) is 6.07 Å². The van der Waals surface area contributed by atoms with Gasteiger partial charge in [0.05, 0.1) is 5.39 Å². The molecule has 0 atom stereocenters. The van der Waals surface area contributed by atoms with E-state index < -0.39 is 17.4 Å². The number of halogens is 2. The summed E-state index contributed by atoms with van der Waals surface area (Å²) in [5, 5.41) is 7.07. The second-order valence-electron chi connectivity index (χ2n) is 5.95. The van der Waals surface area contributed by atoms with Gasteiger partial charge in [-0.1, -0.05) is 18.2 Å². The highest BCUT2D eigenvalue weighted by Gasteiger charge is 2.23. The monoisotopic (exact) mass is 377 g/mol. The Bertz CT molecular complexity index is 1220. The first-order valence-corrected chi connectivity index (χ1v) is 8.25. The van der Waals surface area contributed by atoms with Gasteiger partial charge in [0, 0.05) is 47.1 Å². The van der Waals surface area contributed by atoms with Crippen molar-refractivity contribution in [2.75, 3.05) is 0 Å². The maximum Gasteiger partial charge on any atom is 0.213 e. The number of carbonyl (C=O) groups excluding carboxylic acids is 1. The molecule has 0 bridgehead atoms. The molecule has 3 aromatic heterocycles. The number of pyridine rings is 2. The van der Waals surface area contributed by atoms with Crippen molar-refractivity contribution in [3.8, 4) is 11.1 Å². The van der Waals surface area contributed by atoms with Gasteiger partial charge >= 0.3 is 0 Å². The van der Waals surface area contributed by atoms with Crippen LogP contribution in [0.3, 0.4) is 0 Å². The molecule has 0 aliphatic carbocycles. The molecule has 138 valence electrons. The number of fused-ring (bicyclic) bond motifs is 1. The number of nitrogens with one attached hydrogen (secondary N) is 1. The van der Waals surface area contributed by atoms with Crippen molar-refractivity contribution in [3.05, 3.63) is 84.1 Å². The number of nitrogens with zero attached hydrogens (tertiary/aromatic N) is 3. The predicted octanol–water partition coefficient (Wildman–Crippen LogP) is 3.48. The van der Waals surface area contributed by atoms with Gasteiger partial charge in [-0.05, 0) is 18.2 Å². The largest absolute Gasteiger partial charge is 0.404 e. The van der Waals surface area contributed by atoms with Gasteiger partial charge in [-0.25, -0.2) is 13.8 Å². The standard InChI is InChI=1S/C20H13F2N5O/c21-16-5-1-4-13(17(16)22)15(8-23)19(28)18-14-7-12(10-25-20(14)27-26-18)11-3-2-6-24-9-11/h1-10H,23H2,(H,25,26,27). The zero-order valence-corrected chi connectivity index (χ0v) is 14.4. The van der Waals surface area contributed by atoms with Crippen molar-refractivity contribution in [1.29, 1.82) is 0 Å². The summed E-state index contributed by atoms with van der Waals surface area (Å²) in [6, 6.07) is 8.91. The minimum Gasteiger partial charge on any atom is -0.404 e. The zero-order valence-electron chi connectivity index (χ0n) is 14.4. The number of aromatic amines is 1. The van der Waals surface area contributed by atoms with Gasteiger partial charge in [0.25, 0.3) is 0 Å². The lowest BCUT2D eigenvalue weighted by atomic mass is 9.98. The lowest BCUT2D eigenvalue weighted by Crippen LogP contribution is -2.08. The first-order valence-electron chi connectivity index (χ1n) is 8.25. The fourth-order valence-corrected chi connectivity index (χ4v) is 2.90. The van der Waals surface area contributed by atoms with E-state index in [2.05, 4.69) is 20.2 Å². The van der Waals surface area contributed by atoms with Crippen molar-refractivity contribution in [1.82, 2.24) is 20.2 Å². The van der Waals surface area contributed by atoms with E-state index in [1.165, 1.54) is 12.1 Å². The number of hydrogen-bond donors (Lipinski definition) is 2. The highest BCUT2D eigenvalue weighted by atomic mass is 19.2. The summed E-state index contributed by atoms with van der Waals surface area (Å²) in [6.07, 6.45) is 5.87. The van der Waals surface area contributed by atoms with Crippen LogP contribution in [0.5, 0.6) is 0 Å². The minimum atomic E-state index is -1.15. The van der Waals surface area contributed by atoms with Crippen molar-refractivity contribution in [2.24, 2.45) is 5.73 Å². The van der Waals surface area contributed by atoms with Crippen molar-refractivity contribution < 1.29 is 13.6 Å². The molecule has 1 aromatic carbocycles. The summed E-state index contributed by atoms with van der Waals surface area (Å²) >= 11 is 0. The van der Waals surface area contributed by atoms with Crippen LogP contribution in [0.1, 0.15) is 16.1 Å². The Morgan fingerprint density at radius 2 is 1.96 bits per heavy atom. The molecule has 8 heteroatoms. The molecule has 28 heavy (non-hydrogen) atoms. The SMILES string of the molecule is NC=C(C(=O)c1[nH]nc2ncc(-c3cccnc3)cc12)c1cccc(F)c1F. The van der Waals surface area contributed by atoms with Crippen LogP contribution < -0.4 is 5.73 Å². The van der Waals surface area contributed by atoms with Crippen LogP contribution in [0.4, 0.5) is 8.78 Å². The summed E-state index contributed by atoms with van der Waals surface area (Å²) in [5.41, 5.74) is 7.08. The summed E-state index contributed by atoms with van der Waals surface area (Å²) in [6.45, 7) is 0. The fourth-order valence-electron chi connectivity index (χ4n) is 2.90. The Morgan fingerprint density at radius 3 is 2.71 bits per heavy atom. The smallest absolute Gasteiger partial charge is 0.213 e. The Labute approximate surface area is 157 Å². The van der Waals surface area contributed by atoms with E-state index in [-0.39, 0.29) is 16.8 Å². The Kier molecular flexibility index (Phi) is 4.36. The van der Waals surface area contributed by atoms with Crippen molar-refractivity contribution in [3.63, 3.8) is 0 Å². The van der Waals surface area contributed by atoms with Gasteiger partial charge in [0.15, 0.2) is 17.3 Å². The lowest BCUT2D eigenvalue weighted by Gasteiger charge is -2.07. The molecule has 3 heterocycles. The third kappa shape index (κ3) is 2.90. The molecule has 0 unspecified atom stereocenters. The normalized spacial score (nSPS) is 11.7. The molecule has 6 nitrogen and oxygen atoms in total. The second kappa shape index (κ2) is 6.99. The van der Waals surface area contributed by atoms with Crippen LogP contribution in [0.25, 0.3) is 27.7 Å². The maximum atomic E-state index is 14.2. The number of aromatic nitrogens is 4. The molecular weight excluding hydrogens is 364 g/mol. The zero-order chi connectivity index (χ0) is 19.7. The first kappa shape index (κ1) is 17.5. The number of benzene rings is 1. The molecule has 4 aromatic rings. The molecule has 0 aliphatic heterocycles. The third-order valence-corrected chi connectivity index (χ3v) is 4.28. The van der Waals surface area contributed by atoms with Gasteiger partial charge < -0.3 is 5.73 Å². The molecule has 4 rings (SSSR count). The topological polar surface area (TPSA) is 97.6 Å². The van der Waals surface area contributed by atoms with Gasteiger partial charge in [-0.15, -0.1) is 0 Å². The second-order valence-corrected chi connectivity index (χ2v) is 5.95. The maximum absolute atomic E-state index is 14.2. The minimum absolute atomic E-state index is 0.0774. The molecule has 0 aliphatic rings. The third-order valence-electron chi connectivity index (χ3n) is 4.28. The number of rotatable bonds is 4. The fraction of sp³-hybridized carbons (Fsp3) is 0. The van der Waals surface area contributed by atoms with Crippen LogP contribution in [0, 0.1) is 11.6 Å².